The van der Waals surface area contributed by atoms with Crippen LogP contribution in [0.2, 0.25) is 0 Å². The zero-order chi connectivity index (χ0) is 18.4. The molecule has 130 valence electrons. The molecule has 25 heavy (non-hydrogen) atoms. The molecule has 0 aliphatic carbocycles. The second kappa shape index (κ2) is 8.05. The van der Waals surface area contributed by atoms with Crippen molar-refractivity contribution in [3.63, 3.8) is 0 Å². The van der Waals surface area contributed by atoms with Crippen LogP contribution in [-0.2, 0) is 11.2 Å². The molecule has 0 saturated heterocycles. The van der Waals surface area contributed by atoms with Crippen molar-refractivity contribution >= 4 is 23.2 Å². The molecule has 1 N–H and O–H groups in total. The first-order valence-corrected chi connectivity index (χ1v) is 7.71. The molecule has 2 rings (SSSR count). The summed E-state index contributed by atoms with van der Waals surface area (Å²) >= 11 is 0. The number of rotatable bonds is 6. The maximum atomic E-state index is 12.2. The van der Waals surface area contributed by atoms with Crippen molar-refractivity contribution in [3.8, 4) is 0 Å². The Labute approximate surface area is 145 Å². The van der Waals surface area contributed by atoms with E-state index in [1.807, 2.05) is 12.1 Å². The van der Waals surface area contributed by atoms with E-state index < -0.39 is 10.8 Å². The van der Waals surface area contributed by atoms with Crippen LogP contribution in [0.4, 0.5) is 11.4 Å². The van der Waals surface area contributed by atoms with Crippen LogP contribution in [0, 0.1) is 10.1 Å². The van der Waals surface area contributed by atoms with E-state index in [4.69, 9.17) is 0 Å². The highest BCUT2D eigenvalue weighted by atomic mass is 16.6. The number of non-ortho nitro benzene ring substituents is 1. The van der Waals surface area contributed by atoms with E-state index in [1.54, 1.807) is 31.1 Å². The van der Waals surface area contributed by atoms with Crippen LogP contribution in [0.25, 0.3) is 0 Å². The quantitative estimate of drug-likeness (QED) is 0.646. The van der Waals surface area contributed by atoms with Gasteiger partial charge in [0.2, 0.25) is 5.91 Å². The topological polar surface area (TPSA) is 92.6 Å². The van der Waals surface area contributed by atoms with Crippen LogP contribution in [0.5, 0.6) is 0 Å². The molecular weight excluding hydrogens is 322 g/mol. The van der Waals surface area contributed by atoms with E-state index in [-0.39, 0.29) is 17.2 Å². The number of benzene rings is 2. The third kappa shape index (κ3) is 5.13. The number of hydrogen-bond donors (Lipinski definition) is 1. The highest BCUT2D eigenvalue weighted by molar-refractivity contribution is 6.04. The number of nitrogens with one attached hydrogen (secondary N) is 1. The monoisotopic (exact) mass is 341 g/mol. The van der Waals surface area contributed by atoms with Gasteiger partial charge in [-0.3, -0.25) is 19.7 Å². The third-order valence-electron chi connectivity index (χ3n) is 3.66. The van der Waals surface area contributed by atoms with Gasteiger partial charge in [-0.1, -0.05) is 18.2 Å². The Bertz CT molecular complexity index is 785. The predicted octanol–water partition coefficient (Wildman–Crippen LogP) is 2.87. The number of amides is 2. The third-order valence-corrected chi connectivity index (χ3v) is 3.66. The van der Waals surface area contributed by atoms with Gasteiger partial charge >= 0.3 is 0 Å². The molecule has 0 aliphatic rings. The molecule has 0 unspecified atom stereocenters. The van der Waals surface area contributed by atoms with Gasteiger partial charge in [0.15, 0.2) is 0 Å². The van der Waals surface area contributed by atoms with Crippen molar-refractivity contribution < 1.29 is 14.5 Å². The second-order valence-corrected chi connectivity index (χ2v) is 5.75. The van der Waals surface area contributed by atoms with Gasteiger partial charge in [-0.2, -0.15) is 0 Å². The van der Waals surface area contributed by atoms with E-state index in [2.05, 4.69) is 5.32 Å². The highest BCUT2D eigenvalue weighted by Crippen LogP contribution is 2.16. The van der Waals surface area contributed by atoms with Crippen LogP contribution in [-0.4, -0.2) is 35.7 Å². The summed E-state index contributed by atoms with van der Waals surface area (Å²) < 4.78 is 0. The largest absolute Gasteiger partial charge is 0.349 e. The molecule has 7 nitrogen and oxygen atoms in total. The molecule has 2 amide bonds. The van der Waals surface area contributed by atoms with Crippen molar-refractivity contribution in [2.24, 2.45) is 0 Å². The molecule has 0 heterocycles. The summed E-state index contributed by atoms with van der Waals surface area (Å²) in [6, 6.07) is 12.7. The molecule has 0 aromatic heterocycles. The molecule has 0 fully saturated rings. The van der Waals surface area contributed by atoms with Gasteiger partial charge in [-0.15, -0.1) is 0 Å². The van der Waals surface area contributed by atoms with Crippen LogP contribution in [0.15, 0.2) is 48.5 Å². The van der Waals surface area contributed by atoms with E-state index in [0.717, 1.165) is 5.56 Å². The molecule has 0 radical (unpaired) electrons. The summed E-state index contributed by atoms with van der Waals surface area (Å²) in [6.45, 7) is 0. The minimum atomic E-state index is -0.541. The normalized spacial score (nSPS) is 10.2. The Hall–Kier alpha value is -3.22. The van der Waals surface area contributed by atoms with Crippen molar-refractivity contribution in [1.82, 2.24) is 4.90 Å². The highest BCUT2D eigenvalue weighted by Gasteiger charge is 2.11. The van der Waals surface area contributed by atoms with Crippen LogP contribution >= 0.6 is 0 Å². The van der Waals surface area contributed by atoms with E-state index in [9.17, 15) is 19.7 Å². The van der Waals surface area contributed by atoms with Crippen molar-refractivity contribution in [3.05, 3.63) is 69.8 Å². The zero-order valence-electron chi connectivity index (χ0n) is 14.1. The first kappa shape index (κ1) is 18.1. The van der Waals surface area contributed by atoms with Gasteiger partial charge in [0, 0.05) is 43.9 Å². The number of carbonyl (C=O) groups is 2. The number of carbonyl (C=O) groups excluding carboxylic acids is 2. The van der Waals surface area contributed by atoms with E-state index in [0.29, 0.717) is 18.5 Å². The second-order valence-electron chi connectivity index (χ2n) is 5.75. The molecule has 0 spiro atoms. The fourth-order valence-electron chi connectivity index (χ4n) is 2.19. The van der Waals surface area contributed by atoms with Gasteiger partial charge in [0.1, 0.15) is 0 Å². The molecule has 7 heteroatoms. The van der Waals surface area contributed by atoms with Crippen LogP contribution < -0.4 is 5.32 Å². The zero-order valence-corrected chi connectivity index (χ0v) is 14.1. The number of hydrogen-bond acceptors (Lipinski definition) is 4. The SMILES string of the molecule is CN(C)C(=O)CCc1ccc(NC(=O)c2cccc([N+](=O)[O-])c2)cc1. The summed E-state index contributed by atoms with van der Waals surface area (Å²) in [5.74, 6) is -0.359. The lowest BCUT2D eigenvalue weighted by atomic mass is 10.1. The average molecular weight is 341 g/mol. The van der Waals surface area contributed by atoms with Gasteiger partial charge < -0.3 is 10.2 Å². The van der Waals surface area contributed by atoms with Crippen molar-refractivity contribution in [1.29, 1.82) is 0 Å². The molecular formula is C18H19N3O4. The first-order valence-electron chi connectivity index (χ1n) is 7.71. The summed E-state index contributed by atoms with van der Waals surface area (Å²) in [5, 5.41) is 13.5. The standard InChI is InChI=1S/C18H19N3O4/c1-20(2)17(22)11-8-13-6-9-15(10-7-13)19-18(23)14-4-3-5-16(12-14)21(24)25/h3-7,9-10,12H,8,11H2,1-2H3,(H,19,23). The van der Waals surface area contributed by atoms with Gasteiger partial charge in [-0.05, 0) is 30.2 Å². The maximum absolute atomic E-state index is 12.2. The average Bonchev–Trinajstić information content (AvgIpc) is 2.60. The lowest BCUT2D eigenvalue weighted by Crippen LogP contribution is -2.21. The minimum absolute atomic E-state index is 0.0584. The fourth-order valence-corrected chi connectivity index (χ4v) is 2.19. The molecule has 0 atom stereocenters. The van der Waals surface area contributed by atoms with Crippen LogP contribution in [0.3, 0.4) is 0 Å². The van der Waals surface area contributed by atoms with E-state index >= 15 is 0 Å². The Morgan fingerprint density at radius 1 is 1.12 bits per heavy atom. The number of nitro groups is 1. The maximum Gasteiger partial charge on any atom is 0.270 e. The molecule has 0 aliphatic heterocycles. The van der Waals surface area contributed by atoms with Gasteiger partial charge in [-0.25, -0.2) is 0 Å². The smallest absolute Gasteiger partial charge is 0.270 e. The van der Waals surface area contributed by atoms with Gasteiger partial charge in [0.25, 0.3) is 11.6 Å². The number of anilines is 1. The predicted molar refractivity (Wildman–Crippen MR) is 94.5 cm³/mol. The number of aryl methyl sites for hydroxylation is 1. The molecule has 0 saturated carbocycles. The molecule has 0 bridgehead atoms. The lowest BCUT2D eigenvalue weighted by molar-refractivity contribution is -0.384. The minimum Gasteiger partial charge on any atom is -0.349 e. The molecule has 2 aromatic rings. The van der Waals surface area contributed by atoms with E-state index in [1.165, 1.54) is 24.3 Å². The Morgan fingerprint density at radius 2 is 1.80 bits per heavy atom. The van der Waals surface area contributed by atoms with Crippen LogP contribution in [0.1, 0.15) is 22.3 Å². The molecule has 2 aromatic carbocycles. The Morgan fingerprint density at radius 3 is 2.40 bits per heavy atom. The fraction of sp³-hybridized carbons (Fsp3) is 0.222. The number of nitrogens with zero attached hydrogens (tertiary/aromatic N) is 2. The summed E-state index contributed by atoms with van der Waals surface area (Å²) in [4.78, 5) is 35.5. The summed E-state index contributed by atoms with van der Waals surface area (Å²) in [7, 11) is 3.43. The Balaban J connectivity index is 1.99. The van der Waals surface area contributed by atoms with Gasteiger partial charge in [0.05, 0.1) is 4.92 Å². The van der Waals surface area contributed by atoms with Crippen molar-refractivity contribution in [2.45, 2.75) is 12.8 Å². The lowest BCUT2D eigenvalue weighted by Gasteiger charge is -2.10. The summed E-state index contributed by atoms with van der Waals surface area (Å²) in [5.41, 5.74) is 1.66. The number of nitro benzene ring substituents is 1. The Kier molecular flexibility index (Phi) is 5.84. The van der Waals surface area contributed by atoms with Crippen molar-refractivity contribution in [2.75, 3.05) is 19.4 Å². The first-order chi connectivity index (χ1) is 11.9. The summed E-state index contributed by atoms with van der Waals surface area (Å²) in [6.07, 6.45) is 1.04.